The number of nitrogens with zero attached hydrogens (tertiary/aromatic N) is 4. The molecule has 162 valence electrons. The van der Waals surface area contributed by atoms with Crippen LogP contribution in [0.25, 0.3) is 5.82 Å². The van der Waals surface area contributed by atoms with E-state index in [4.69, 9.17) is 21.1 Å². The lowest BCUT2D eigenvalue weighted by Gasteiger charge is -2.11. The summed E-state index contributed by atoms with van der Waals surface area (Å²) in [5.41, 5.74) is -0.996. The van der Waals surface area contributed by atoms with Crippen molar-refractivity contribution in [2.45, 2.75) is 12.6 Å². The second-order valence-electron chi connectivity index (χ2n) is 6.09. The van der Waals surface area contributed by atoms with Crippen molar-refractivity contribution in [2.24, 2.45) is 5.92 Å². The number of carbonyl (C=O) groups excluding carboxylic acids is 1. The molecular weight excluding hydrogens is 439 g/mol. The fourth-order valence-corrected chi connectivity index (χ4v) is 2.73. The number of alkyl halides is 3. The summed E-state index contributed by atoms with van der Waals surface area (Å²) in [6.45, 7) is 0. The van der Waals surface area contributed by atoms with E-state index in [9.17, 15) is 18.0 Å². The first-order valence-electron chi connectivity index (χ1n) is 8.65. The summed E-state index contributed by atoms with van der Waals surface area (Å²) in [7, 11) is 2.95. The molecule has 1 N–H and O–H groups in total. The van der Waals surface area contributed by atoms with Crippen molar-refractivity contribution in [3.63, 3.8) is 0 Å². The highest BCUT2D eigenvalue weighted by atomic mass is 35.5. The van der Waals surface area contributed by atoms with E-state index in [1.54, 1.807) is 6.08 Å². The number of pyridine rings is 1. The highest BCUT2D eigenvalue weighted by Crippen LogP contribution is 2.31. The second-order valence-corrected chi connectivity index (χ2v) is 6.50. The lowest BCUT2D eigenvalue weighted by molar-refractivity contribution is -0.137. The largest absolute Gasteiger partial charge is 0.500 e. The Hall–Kier alpha value is -3.52. The quantitative estimate of drug-likeness (QED) is 0.698. The minimum absolute atomic E-state index is 0.0767. The number of hydrogen-bond acceptors (Lipinski definition) is 6. The molecule has 0 saturated carbocycles. The number of hydrogen-bond donors (Lipinski definition) is 1. The minimum Gasteiger partial charge on any atom is -0.500 e. The first-order chi connectivity index (χ1) is 14.7. The van der Waals surface area contributed by atoms with Gasteiger partial charge >= 0.3 is 6.18 Å². The number of anilines is 1. The molecule has 2 heterocycles. The summed E-state index contributed by atoms with van der Waals surface area (Å²) in [6.07, 6.45) is 0.634. The van der Waals surface area contributed by atoms with E-state index in [1.165, 1.54) is 20.3 Å². The first-order valence-corrected chi connectivity index (χ1v) is 9.03. The number of halogens is 4. The van der Waals surface area contributed by atoms with Gasteiger partial charge in [0.1, 0.15) is 23.8 Å². The van der Waals surface area contributed by atoms with Gasteiger partial charge < -0.3 is 9.47 Å². The van der Waals surface area contributed by atoms with Crippen molar-refractivity contribution in [1.29, 1.82) is 0 Å². The van der Waals surface area contributed by atoms with Crippen molar-refractivity contribution in [1.82, 2.24) is 19.7 Å². The van der Waals surface area contributed by atoms with Crippen LogP contribution in [0.1, 0.15) is 12.0 Å². The van der Waals surface area contributed by atoms with Gasteiger partial charge in [0.25, 0.3) is 0 Å². The Morgan fingerprint density at radius 3 is 2.74 bits per heavy atom. The summed E-state index contributed by atoms with van der Waals surface area (Å²) < 4.78 is 49.7. The van der Waals surface area contributed by atoms with Crippen LogP contribution in [0.15, 0.2) is 42.3 Å². The lowest BCUT2D eigenvalue weighted by atomic mass is 10.1. The van der Waals surface area contributed by atoms with E-state index >= 15 is 0 Å². The number of methoxy groups -OCH3 is 2. The molecule has 0 fully saturated rings. The molecule has 1 atom stereocenters. The summed E-state index contributed by atoms with van der Waals surface area (Å²) >= 11 is 5.90. The molecule has 31 heavy (non-hydrogen) atoms. The van der Waals surface area contributed by atoms with Gasteiger partial charge in [0.05, 0.1) is 31.2 Å². The molecule has 1 amide bonds. The molecule has 0 aromatic carbocycles. The van der Waals surface area contributed by atoms with Crippen molar-refractivity contribution in [3.8, 4) is 17.7 Å². The zero-order chi connectivity index (χ0) is 22.6. The number of rotatable bonds is 5. The normalized spacial score (nSPS) is 19.5. The van der Waals surface area contributed by atoms with Gasteiger partial charge in [0.15, 0.2) is 5.82 Å². The van der Waals surface area contributed by atoms with Gasteiger partial charge in [-0.1, -0.05) is 23.4 Å². The third-order valence-electron chi connectivity index (χ3n) is 4.03. The summed E-state index contributed by atoms with van der Waals surface area (Å²) in [6, 6.07) is 0.729. The van der Waals surface area contributed by atoms with Crippen molar-refractivity contribution in [3.05, 3.63) is 52.8 Å². The fourth-order valence-electron chi connectivity index (χ4n) is 2.48. The highest BCUT2D eigenvalue weighted by Gasteiger charge is 2.32. The fraction of sp³-hybridized carbons (Fsp3) is 0.263. The second kappa shape index (κ2) is 9.09. The molecule has 0 aliphatic heterocycles. The maximum atomic E-state index is 12.8. The van der Waals surface area contributed by atoms with Crippen LogP contribution >= 0.6 is 11.6 Å². The highest BCUT2D eigenvalue weighted by molar-refractivity contribution is 6.32. The van der Waals surface area contributed by atoms with Gasteiger partial charge in [-0.05, 0) is 12.1 Å². The summed E-state index contributed by atoms with van der Waals surface area (Å²) in [5.74, 6) is 5.04. The van der Waals surface area contributed by atoms with Gasteiger partial charge in [-0.2, -0.15) is 22.8 Å². The number of allylic oxidation sites excluding steroid dienone is 2. The molecule has 0 saturated heterocycles. The van der Waals surface area contributed by atoms with Gasteiger partial charge in [0, 0.05) is 12.3 Å². The van der Waals surface area contributed by atoms with Crippen molar-refractivity contribution in [2.75, 3.05) is 19.5 Å². The average Bonchev–Trinajstić information content (AvgIpc) is 3.15. The minimum atomic E-state index is -4.58. The average molecular weight is 454 g/mol. The zero-order valence-corrected chi connectivity index (χ0v) is 17.0. The SMILES string of the molecule is COC1=C/C(C(=O)Nc2ncn(-c3ncc(C(F)(F)F)cc3Cl)n2)C#CC/C(OC)=C\1. The van der Waals surface area contributed by atoms with E-state index in [1.807, 2.05) is 0 Å². The topological polar surface area (TPSA) is 91.2 Å². The summed E-state index contributed by atoms with van der Waals surface area (Å²) in [5, 5.41) is 6.19. The van der Waals surface area contributed by atoms with Crippen LogP contribution < -0.4 is 5.32 Å². The molecule has 12 heteroatoms. The van der Waals surface area contributed by atoms with Crippen molar-refractivity contribution < 1.29 is 27.4 Å². The maximum Gasteiger partial charge on any atom is 0.417 e. The molecule has 2 aromatic rings. The molecule has 1 unspecified atom stereocenters. The Bertz CT molecular complexity index is 1110. The Morgan fingerprint density at radius 2 is 2.10 bits per heavy atom. The molecule has 0 spiro atoms. The number of nitrogens with one attached hydrogen (secondary N) is 1. The molecule has 1 aliphatic carbocycles. The van der Waals surface area contributed by atoms with Gasteiger partial charge in [-0.3, -0.25) is 10.1 Å². The van der Waals surface area contributed by atoms with Gasteiger partial charge in [-0.15, -0.1) is 5.10 Å². The Balaban J connectivity index is 1.78. The Morgan fingerprint density at radius 1 is 1.32 bits per heavy atom. The third kappa shape index (κ3) is 5.35. The molecule has 0 bridgehead atoms. The van der Waals surface area contributed by atoms with Gasteiger partial charge in [-0.25, -0.2) is 4.98 Å². The molecule has 3 rings (SSSR count). The smallest absolute Gasteiger partial charge is 0.417 e. The van der Waals surface area contributed by atoms with E-state index in [-0.39, 0.29) is 16.8 Å². The van der Waals surface area contributed by atoms with Gasteiger partial charge in [0.2, 0.25) is 11.9 Å². The zero-order valence-electron chi connectivity index (χ0n) is 16.2. The molecule has 2 aromatic heterocycles. The number of ether oxygens (including phenoxy) is 2. The number of carbonyl (C=O) groups is 1. The lowest BCUT2D eigenvalue weighted by Crippen LogP contribution is -2.22. The van der Waals surface area contributed by atoms with E-state index in [0.29, 0.717) is 24.1 Å². The van der Waals surface area contributed by atoms with Crippen LogP contribution in [0.5, 0.6) is 0 Å². The van der Waals surface area contributed by atoms with Crippen LogP contribution in [0.4, 0.5) is 19.1 Å². The van der Waals surface area contributed by atoms with Crippen LogP contribution in [-0.4, -0.2) is 39.9 Å². The van der Waals surface area contributed by atoms with Crippen LogP contribution in [0.3, 0.4) is 0 Å². The molecule has 0 radical (unpaired) electrons. The van der Waals surface area contributed by atoms with Crippen LogP contribution in [0.2, 0.25) is 5.02 Å². The Kier molecular flexibility index (Phi) is 6.50. The molecule has 8 nitrogen and oxygen atoms in total. The van der Waals surface area contributed by atoms with E-state index in [0.717, 1.165) is 17.1 Å². The van der Waals surface area contributed by atoms with Crippen LogP contribution in [0, 0.1) is 17.8 Å². The molecule has 1 aliphatic rings. The predicted octanol–water partition coefficient (Wildman–Crippen LogP) is 3.36. The Labute approximate surface area is 179 Å². The summed E-state index contributed by atoms with van der Waals surface area (Å²) in [4.78, 5) is 20.2. The maximum absolute atomic E-state index is 12.8. The van der Waals surface area contributed by atoms with E-state index < -0.39 is 23.6 Å². The monoisotopic (exact) mass is 453 g/mol. The predicted molar refractivity (Wildman–Crippen MR) is 104 cm³/mol. The third-order valence-corrected chi connectivity index (χ3v) is 4.31. The number of aromatic nitrogens is 4. The first kappa shape index (κ1) is 22.2. The molecular formula is C19H15ClF3N5O3. The van der Waals surface area contributed by atoms with Crippen molar-refractivity contribution >= 4 is 23.5 Å². The van der Waals surface area contributed by atoms with E-state index in [2.05, 4.69) is 32.2 Å². The number of amides is 1. The van der Waals surface area contributed by atoms with Crippen LogP contribution in [-0.2, 0) is 20.4 Å². The standard InChI is InChI=1S/C19H15ClF3N5O3/c1-30-13-5-3-4-11(6-14(8-13)31-2)17(29)26-18-25-10-28(27-18)16-15(20)7-12(9-24-16)19(21,22)23/h6-11H,5H2,1-2H3,(H,26,27,29)/b13-8+,14-6+.